The summed E-state index contributed by atoms with van der Waals surface area (Å²) in [6.45, 7) is 10.5. The molecule has 1 heterocycles. The van der Waals surface area contributed by atoms with Crippen LogP contribution in [0.3, 0.4) is 0 Å². The summed E-state index contributed by atoms with van der Waals surface area (Å²) < 4.78 is 42.7. The number of primary amides is 1. The first-order valence-corrected chi connectivity index (χ1v) is 13.1. The third-order valence-electron chi connectivity index (χ3n) is 7.26. The van der Waals surface area contributed by atoms with Gasteiger partial charge in [-0.1, -0.05) is 19.9 Å². The molecule has 0 spiro atoms. The van der Waals surface area contributed by atoms with Crippen LogP contribution in [0.4, 0.5) is 24.5 Å². The van der Waals surface area contributed by atoms with Gasteiger partial charge in [-0.3, -0.25) is 15.0 Å². The van der Waals surface area contributed by atoms with Crippen molar-refractivity contribution in [1.82, 2.24) is 9.80 Å². The van der Waals surface area contributed by atoms with Gasteiger partial charge >= 0.3 is 5.91 Å². The molecule has 2 aromatic rings. The van der Waals surface area contributed by atoms with Gasteiger partial charge in [0, 0.05) is 51.4 Å². The van der Waals surface area contributed by atoms with Crippen molar-refractivity contribution in [3.05, 3.63) is 59.4 Å². The number of nitrogens with two attached hydrogens (primary N) is 1. The first-order valence-electron chi connectivity index (χ1n) is 13.1. The molecule has 2 aromatic carbocycles. The number of rotatable bonds is 10. The summed E-state index contributed by atoms with van der Waals surface area (Å²) in [4.78, 5) is 31.3. The highest BCUT2D eigenvalue weighted by atomic mass is 19.2. The van der Waals surface area contributed by atoms with Gasteiger partial charge in [-0.25, -0.2) is 18.0 Å². The lowest BCUT2D eigenvalue weighted by atomic mass is 10.0. The lowest BCUT2D eigenvalue weighted by Gasteiger charge is -2.41. The van der Waals surface area contributed by atoms with Crippen molar-refractivity contribution >= 4 is 23.2 Å². The summed E-state index contributed by atoms with van der Waals surface area (Å²) in [7, 11) is 0. The minimum Gasteiger partial charge on any atom is -0.367 e. The Balaban J connectivity index is 1.75. The fourth-order valence-electron chi connectivity index (χ4n) is 4.96. The molecule has 2 N–H and O–H groups in total. The molecular formula is C28H38F3N4O2+. The Labute approximate surface area is 217 Å². The van der Waals surface area contributed by atoms with E-state index < -0.39 is 23.5 Å². The van der Waals surface area contributed by atoms with E-state index in [-0.39, 0.29) is 17.7 Å². The van der Waals surface area contributed by atoms with Gasteiger partial charge in [0.25, 0.3) is 0 Å². The first-order chi connectivity index (χ1) is 17.7. The predicted molar refractivity (Wildman–Crippen MR) is 138 cm³/mol. The normalized spacial score (nSPS) is 15.2. The second kappa shape index (κ2) is 13.1. The zero-order valence-electron chi connectivity index (χ0n) is 22.1. The second-order valence-corrected chi connectivity index (χ2v) is 9.38. The number of halogens is 3. The van der Waals surface area contributed by atoms with Gasteiger partial charge in [-0.05, 0) is 50.5 Å². The smallest absolute Gasteiger partial charge is 0.318 e. The van der Waals surface area contributed by atoms with E-state index in [1.807, 2.05) is 37.5 Å². The maximum atomic E-state index is 15.1. The van der Waals surface area contributed by atoms with E-state index >= 15 is 4.39 Å². The van der Waals surface area contributed by atoms with E-state index in [0.29, 0.717) is 56.2 Å². The highest BCUT2D eigenvalue weighted by molar-refractivity contribution is 5.83. The summed E-state index contributed by atoms with van der Waals surface area (Å²) in [5, 5.41) is 1.51. The highest BCUT2D eigenvalue weighted by Crippen LogP contribution is 2.29. The van der Waals surface area contributed by atoms with Crippen molar-refractivity contribution in [2.45, 2.75) is 46.6 Å². The maximum absolute atomic E-state index is 15.1. The highest BCUT2D eigenvalue weighted by Gasteiger charge is 2.34. The van der Waals surface area contributed by atoms with Crippen molar-refractivity contribution in [3.8, 4) is 0 Å². The standard InChI is InChI=1S/C28H37F3N4O2/c1-5-19(6-2)27(36)32-21-10-12-25(24(31)18-21)34-13-15-35(16-14-34)26(28(37)33(7-3)8-4)20-9-11-22(29)23(30)17-20/h9-12,17-19,26H,5-8,13-16H2,1-4H3,(H,32,36)/p+1. The van der Waals surface area contributed by atoms with Crippen LogP contribution in [0, 0.1) is 23.4 Å². The molecule has 0 radical (unpaired) electrons. The maximum Gasteiger partial charge on any atom is 0.318 e. The predicted octanol–water partition coefficient (Wildman–Crippen LogP) is 3.99. The van der Waals surface area contributed by atoms with Crippen LogP contribution < -0.4 is 10.2 Å². The summed E-state index contributed by atoms with van der Waals surface area (Å²) in [6.07, 6.45) is 1.50. The number of hydrogen-bond acceptors (Lipinski definition) is 4. The minimum atomic E-state index is -0.991. The lowest BCUT2D eigenvalue weighted by Crippen LogP contribution is -2.84. The molecule has 6 nitrogen and oxygen atoms in total. The summed E-state index contributed by atoms with van der Waals surface area (Å²) in [5.74, 6) is -2.58. The molecule has 0 aromatic heterocycles. The molecule has 9 heteroatoms. The van der Waals surface area contributed by atoms with Crippen molar-refractivity contribution < 1.29 is 28.1 Å². The second-order valence-electron chi connectivity index (χ2n) is 9.38. The molecule has 3 rings (SSSR count). The van der Waals surface area contributed by atoms with Crippen LogP contribution in [-0.4, -0.2) is 60.9 Å². The zero-order valence-corrected chi connectivity index (χ0v) is 22.1. The third-order valence-corrected chi connectivity index (χ3v) is 7.26. The molecular weight excluding hydrogens is 481 g/mol. The number of carbonyl (C=O) groups excluding carboxylic acids is 2. The number of quaternary nitrogens is 1. The molecule has 1 aliphatic heterocycles. The van der Waals surface area contributed by atoms with Crippen molar-refractivity contribution in [2.75, 3.05) is 44.2 Å². The molecule has 0 saturated carbocycles. The number of nitrogens with zero attached hydrogens (tertiary/aromatic N) is 3. The van der Waals surface area contributed by atoms with Gasteiger partial charge in [0.1, 0.15) is 11.7 Å². The number of piperazine rings is 1. The Kier molecular flexibility index (Phi) is 10.1. The fourth-order valence-corrected chi connectivity index (χ4v) is 4.96. The number of anilines is 1. The van der Waals surface area contributed by atoms with E-state index in [0.717, 1.165) is 25.0 Å². The largest absolute Gasteiger partial charge is 0.367 e. The zero-order chi connectivity index (χ0) is 27.1. The Morgan fingerprint density at radius 3 is 2.05 bits per heavy atom. The van der Waals surface area contributed by atoms with Crippen molar-refractivity contribution in [1.29, 1.82) is 0 Å². The number of amides is 2. The van der Waals surface area contributed by atoms with Gasteiger partial charge in [0.2, 0.25) is 5.91 Å². The minimum absolute atomic E-state index is 0.00639. The Morgan fingerprint density at radius 1 is 0.865 bits per heavy atom. The van der Waals surface area contributed by atoms with E-state index in [1.54, 1.807) is 17.0 Å². The Bertz CT molecular complexity index is 1080. The molecule has 1 saturated heterocycles. The van der Waals surface area contributed by atoms with Crippen molar-refractivity contribution in [2.24, 2.45) is 5.92 Å². The van der Waals surface area contributed by atoms with Crippen LogP contribution in [0.1, 0.15) is 52.1 Å². The Morgan fingerprint density at radius 2 is 1.51 bits per heavy atom. The molecule has 1 fully saturated rings. The number of hydrogen-bond donors (Lipinski definition) is 1. The van der Waals surface area contributed by atoms with Crippen LogP contribution >= 0.6 is 0 Å². The first kappa shape index (κ1) is 28.7. The van der Waals surface area contributed by atoms with Crippen LogP contribution in [0.25, 0.3) is 0 Å². The molecule has 0 aliphatic carbocycles. The van der Waals surface area contributed by atoms with E-state index in [1.165, 1.54) is 17.4 Å². The fraction of sp³-hybridized carbons (Fsp3) is 0.500. The van der Waals surface area contributed by atoms with Gasteiger partial charge in [-0.15, -0.1) is 0 Å². The van der Waals surface area contributed by atoms with Gasteiger partial charge in [0.05, 0.1) is 11.6 Å². The van der Waals surface area contributed by atoms with Gasteiger partial charge < -0.3 is 9.80 Å². The van der Waals surface area contributed by atoms with Gasteiger partial charge in [0.15, 0.2) is 17.5 Å². The molecule has 2 amide bonds. The topological polar surface area (TPSA) is 60.5 Å². The SMILES string of the molecule is CCC(CC)C(=O)[NH2+]c1ccc(N2CCN(C(C(=O)N(CC)CC)c3ccc(F)c(F)c3)CC2)c(F)c1. The summed E-state index contributed by atoms with van der Waals surface area (Å²) in [6, 6.07) is 7.65. The van der Waals surface area contributed by atoms with E-state index in [2.05, 4.69) is 0 Å². The number of likely N-dealkylation sites (N-methyl/N-ethyl adjacent to an activating group) is 1. The monoisotopic (exact) mass is 519 g/mol. The number of carbonyl (C=O) groups is 2. The average Bonchev–Trinajstić information content (AvgIpc) is 2.88. The average molecular weight is 520 g/mol. The third kappa shape index (κ3) is 6.70. The van der Waals surface area contributed by atoms with Gasteiger partial charge in [-0.2, -0.15) is 0 Å². The molecule has 1 atom stereocenters. The molecule has 1 aliphatic rings. The quantitative estimate of drug-likeness (QED) is 0.483. The molecule has 1 unspecified atom stereocenters. The lowest BCUT2D eigenvalue weighted by molar-refractivity contribution is -0.487. The number of benzene rings is 2. The van der Waals surface area contributed by atoms with E-state index in [4.69, 9.17) is 0 Å². The summed E-state index contributed by atoms with van der Waals surface area (Å²) in [5.41, 5.74) is 1.38. The molecule has 0 bridgehead atoms. The van der Waals surface area contributed by atoms with E-state index in [9.17, 15) is 18.4 Å². The summed E-state index contributed by atoms with van der Waals surface area (Å²) >= 11 is 0. The van der Waals surface area contributed by atoms with Crippen LogP contribution in [0.5, 0.6) is 0 Å². The molecule has 202 valence electrons. The van der Waals surface area contributed by atoms with Crippen LogP contribution in [-0.2, 0) is 9.59 Å². The van der Waals surface area contributed by atoms with Crippen LogP contribution in [0.15, 0.2) is 36.4 Å². The Hall–Kier alpha value is -2.91. The van der Waals surface area contributed by atoms with Crippen LogP contribution in [0.2, 0.25) is 0 Å². The molecule has 37 heavy (non-hydrogen) atoms. The van der Waals surface area contributed by atoms with Crippen molar-refractivity contribution in [3.63, 3.8) is 0 Å².